The monoisotopic (exact) mass is 469 g/mol. The van der Waals surface area contributed by atoms with Crippen LogP contribution in [0.2, 0.25) is 0 Å². The van der Waals surface area contributed by atoms with Gasteiger partial charge in [-0.3, -0.25) is 9.59 Å². The van der Waals surface area contributed by atoms with Gasteiger partial charge in [-0.25, -0.2) is 0 Å². The van der Waals surface area contributed by atoms with E-state index in [4.69, 9.17) is 5.73 Å². The number of nitrogens with zero attached hydrogens (tertiary/aromatic N) is 2. The molecule has 6 nitrogen and oxygen atoms in total. The summed E-state index contributed by atoms with van der Waals surface area (Å²) in [4.78, 5) is 28.2. The summed E-state index contributed by atoms with van der Waals surface area (Å²) in [6, 6.07) is 0. The highest BCUT2D eigenvalue weighted by atomic mass is 16.3. The molecule has 0 aromatic carbocycles. The van der Waals surface area contributed by atoms with E-state index in [0.717, 1.165) is 38.9 Å². The van der Waals surface area contributed by atoms with Gasteiger partial charge in [0.25, 0.3) is 5.91 Å². The number of aliphatic hydroxyl groups is 1. The van der Waals surface area contributed by atoms with Gasteiger partial charge in [0.05, 0.1) is 6.42 Å². The molecular weight excluding hydrogens is 414 g/mol. The number of rotatable bonds is 24. The van der Waals surface area contributed by atoms with Gasteiger partial charge in [-0.1, -0.05) is 91.4 Å². The zero-order valence-electron chi connectivity index (χ0n) is 22.2. The second-order valence-corrected chi connectivity index (χ2v) is 9.60. The van der Waals surface area contributed by atoms with Crippen LogP contribution in [0.5, 0.6) is 0 Å². The summed E-state index contributed by atoms with van der Waals surface area (Å²) in [6.07, 6.45) is 16.5. The third kappa shape index (κ3) is 18.9. The molecule has 2 amide bonds. The lowest BCUT2D eigenvalue weighted by Crippen LogP contribution is -2.42. The van der Waals surface area contributed by atoms with Crippen molar-refractivity contribution in [2.45, 2.75) is 130 Å². The maximum absolute atomic E-state index is 12.7. The summed E-state index contributed by atoms with van der Waals surface area (Å²) in [5, 5.41) is 10.2. The maximum Gasteiger partial charge on any atom is 0.251 e. The Morgan fingerprint density at radius 2 is 1.06 bits per heavy atom. The number of unbranched alkanes of at least 4 members (excludes halogenated alkanes) is 11. The summed E-state index contributed by atoms with van der Waals surface area (Å²) in [7, 11) is 0. The molecule has 0 rings (SSSR count). The highest BCUT2D eigenvalue weighted by Gasteiger charge is 2.23. The largest absolute Gasteiger partial charge is 0.383 e. The van der Waals surface area contributed by atoms with Gasteiger partial charge in [-0.15, -0.1) is 0 Å². The first-order valence-corrected chi connectivity index (χ1v) is 13.9. The van der Waals surface area contributed by atoms with Gasteiger partial charge in [0.15, 0.2) is 0 Å². The van der Waals surface area contributed by atoms with Gasteiger partial charge in [0.2, 0.25) is 5.91 Å². The van der Waals surface area contributed by atoms with Crippen LogP contribution in [0.1, 0.15) is 124 Å². The minimum absolute atomic E-state index is 0.299. The second-order valence-electron chi connectivity index (χ2n) is 9.60. The lowest BCUT2D eigenvalue weighted by molar-refractivity contribution is -0.143. The van der Waals surface area contributed by atoms with E-state index in [1.54, 1.807) is 4.90 Å². The lowest BCUT2D eigenvalue weighted by Gasteiger charge is -2.27. The number of hydrogen-bond acceptors (Lipinski definition) is 4. The Labute approximate surface area is 204 Å². The summed E-state index contributed by atoms with van der Waals surface area (Å²) >= 11 is 0. The van der Waals surface area contributed by atoms with Crippen LogP contribution in [0.3, 0.4) is 0 Å². The lowest BCUT2D eigenvalue weighted by atomic mass is 10.1. The molecule has 1 unspecified atom stereocenters. The number of hydrogen-bond donors (Lipinski definition) is 2. The number of carbonyl (C=O) groups is 2. The molecule has 33 heavy (non-hydrogen) atoms. The SMILES string of the molecule is CCCCCCCCCCCCN(CCCN(CCCC)CCCC)C(=O)C(O)CC(N)=O. The number of primary amides is 1. The Balaban J connectivity index is 4.45. The number of nitrogens with two attached hydrogens (primary N) is 1. The molecule has 0 aliphatic heterocycles. The van der Waals surface area contributed by atoms with Crippen molar-refractivity contribution in [2.75, 3.05) is 32.7 Å². The van der Waals surface area contributed by atoms with E-state index >= 15 is 0 Å². The predicted molar refractivity (Wildman–Crippen MR) is 139 cm³/mol. The number of amides is 2. The molecule has 6 heteroatoms. The predicted octanol–water partition coefficient (Wildman–Crippen LogP) is 5.26. The van der Waals surface area contributed by atoms with E-state index in [9.17, 15) is 14.7 Å². The fourth-order valence-corrected chi connectivity index (χ4v) is 4.19. The van der Waals surface area contributed by atoms with Crippen LogP contribution in [0.25, 0.3) is 0 Å². The molecule has 0 bridgehead atoms. The van der Waals surface area contributed by atoms with Crippen molar-refractivity contribution < 1.29 is 14.7 Å². The molecule has 0 spiro atoms. The van der Waals surface area contributed by atoms with Crippen molar-refractivity contribution in [3.05, 3.63) is 0 Å². The van der Waals surface area contributed by atoms with E-state index in [0.29, 0.717) is 13.1 Å². The minimum atomic E-state index is -1.32. The Kier molecular flexibility index (Phi) is 21.9. The molecular formula is C27H55N3O3. The molecule has 3 N–H and O–H groups in total. The molecule has 0 heterocycles. The van der Waals surface area contributed by atoms with Crippen LogP contribution in [0.4, 0.5) is 0 Å². The maximum atomic E-state index is 12.7. The van der Waals surface area contributed by atoms with Crippen molar-refractivity contribution in [3.8, 4) is 0 Å². The summed E-state index contributed by atoms with van der Waals surface area (Å²) in [5.74, 6) is -0.988. The number of aliphatic hydroxyl groups excluding tert-OH is 1. The molecule has 0 fully saturated rings. The van der Waals surface area contributed by atoms with Crippen molar-refractivity contribution >= 4 is 11.8 Å². The average Bonchev–Trinajstić information content (AvgIpc) is 2.79. The Morgan fingerprint density at radius 1 is 0.636 bits per heavy atom. The third-order valence-corrected chi connectivity index (χ3v) is 6.33. The molecule has 0 aliphatic carbocycles. The fraction of sp³-hybridized carbons (Fsp3) is 0.926. The van der Waals surface area contributed by atoms with Crippen LogP contribution in [-0.4, -0.2) is 65.5 Å². The van der Waals surface area contributed by atoms with E-state index in [2.05, 4.69) is 25.7 Å². The third-order valence-electron chi connectivity index (χ3n) is 6.33. The highest BCUT2D eigenvalue weighted by Crippen LogP contribution is 2.12. The van der Waals surface area contributed by atoms with E-state index in [1.165, 1.54) is 77.0 Å². The normalized spacial score (nSPS) is 12.3. The molecule has 0 saturated carbocycles. The molecule has 196 valence electrons. The quantitative estimate of drug-likeness (QED) is 0.189. The van der Waals surface area contributed by atoms with E-state index < -0.39 is 12.0 Å². The van der Waals surface area contributed by atoms with Gasteiger partial charge >= 0.3 is 0 Å². The molecule has 0 aliphatic rings. The first kappa shape index (κ1) is 31.9. The standard InChI is InChI=1S/C27H55N3O3/c1-4-7-10-11-12-13-14-15-16-17-22-30(27(33)25(31)24-26(28)32)23-18-21-29(19-8-5-2)20-9-6-3/h25,31H,4-24H2,1-3H3,(H2,28,32). The minimum Gasteiger partial charge on any atom is -0.383 e. The van der Waals surface area contributed by atoms with Gasteiger partial charge in [0, 0.05) is 13.1 Å². The summed E-state index contributed by atoms with van der Waals surface area (Å²) in [6.45, 7) is 11.1. The summed E-state index contributed by atoms with van der Waals surface area (Å²) in [5.41, 5.74) is 5.19. The Hall–Kier alpha value is -1.14. The van der Waals surface area contributed by atoms with Crippen molar-refractivity contribution in [1.29, 1.82) is 0 Å². The number of carbonyl (C=O) groups excluding carboxylic acids is 2. The molecule has 0 aromatic rings. The summed E-state index contributed by atoms with van der Waals surface area (Å²) < 4.78 is 0. The Morgan fingerprint density at radius 3 is 1.55 bits per heavy atom. The van der Waals surface area contributed by atoms with Crippen LogP contribution >= 0.6 is 0 Å². The highest BCUT2D eigenvalue weighted by molar-refractivity contribution is 5.86. The molecule has 0 aromatic heterocycles. The molecule has 0 saturated heterocycles. The van der Waals surface area contributed by atoms with E-state index in [1.807, 2.05) is 0 Å². The van der Waals surface area contributed by atoms with Gasteiger partial charge in [-0.2, -0.15) is 0 Å². The van der Waals surface area contributed by atoms with Crippen molar-refractivity contribution in [3.63, 3.8) is 0 Å². The molecule has 1 atom stereocenters. The first-order valence-electron chi connectivity index (χ1n) is 13.9. The zero-order chi connectivity index (χ0) is 24.7. The Bertz CT molecular complexity index is 466. The van der Waals surface area contributed by atoms with Crippen LogP contribution in [0, 0.1) is 0 Å². The fourth-order valence-electron chi connectivity index (χ4n) is 4.19. The van der Waals surface area contributed by atoms with Gasteiger partial charge in [0.1, 0.15) is 6.10 Å². The smallest absolute Gasteiger partial charge is 0.251 e. The van der Waals surface area contributed by atoms with Crippen LogP contribution < -0.4 is 5.73 Å². The topological polar surface area (TPSA) is 86.9 Å². The average molecular weight is 470 g/mol. The van der Waals surface area contributed by atoms with Crippen LogP contribution in [0.15, 0.2) is 0 Å². The van der Waals surface area contributed by atoms with Gasteiger partial charge < -0.3 is 20.6 Å². The van der Waals surface area contributed by atoms with Crippen molar-refractivity contribution in [1.82, 2.24) is 9.80 Å². The van der Waals surface area contributed by atoms with Gasteiger partial charge in [-0.05, 0) is 45.3 Å². The van der Waals surface area contributed by atoms with E-state index in [-0.39, 0.29) is 12.3 Å². The van der Waals surface area contributed by atoms with Crippen molar-refractivity contribution in [2.24, 2.45) is 5.73 Å². The first-order chi connectivity index (χ1) is 16.0. The zero-order valence-corrected chi connectivity index (χ0v) is 22.2. The second kappa shape index (κ2) is 22.6. The molecule has 0 radical (unpaired) electrons. The van der Waals surface area contributed by atoms with Crippen LogP contribution in [-0.2, 0) is 9.59 Å².